The van der Waals surface area contributed by atoms with Crippen LogP contribution in [0.1, 0.15) is 45.2 Å². The van der Waals surface area contributed by atoms with E-state index in [0.29, 0.717) is 42.2 Å². The van der Waals surface area contributed by atoms with Crippen LogP contribution in [0.4, 0.5) is 0 Å². The van der Waals surface area contributed by atoms with Gasteiger partial charge in [-0.15, -0.1) is 0 Å². The lowest BCUT2D eigenvalue weighted by Gasteiger charge is -2.28. The quantitative estimate of drug-likeness (QED) is 0.521. The van der Waals surface area contributed by atoms with Gasteiger partial charge in [0, 0.05) is 43.1 Å². The fourth-order valence-corrected chi connectivity index (χ4v) is 3.74. The smallest absolute Gasteiger partial charge is 0.339 e. The fraction of sp³-hybridized carbons (Fsp3) is 0.583. The van der Waals surface area contributed by atoms with E-state index in [1.165, 1.54) is 0 Å². The predicted molar refractivity (Wildman–Crippen MR) is 121 cm³/mol. The molecule has 0 aliphatic carbocycles. The number of amides is 1. The Morgan fingerprint density at radius 1 is 1.17 bits per heavy atom. The van der Waals surface area contributed by atoms with Gasteiger partial charge in [0.15, 0.2) is 0 Å². The van der Waals surface area contributed by atoms with Gasteiger partial charge in [-0.2, -0.15) is 0 Å². The molecule has 0 saturated heterocycles. The standard InChI is InChI=1S/C24H36N2O4/c1-7-25(8-2)13-14-26(16-17(3)4)23(27)12-11-21-18(5)20-10-9-19(29-6)15-22(20)30-24(21)28/h9-10,15,17H,7-8,11-14,16H2,1-6H3. The lowest BCUT2D eigenvalue weighted by Crippen LogP contribution is -2.40. The van der Waals surface area contributed by atoms with Gasteiger partial charge >= 0.3 is 5.63 Å². The highest BCUT2D eigenvalue weighted by molar-refractivity contribution is 5.82. The van der Waals surface area contributed by atoms with E-state index in [1.54, 1.807) is 13.2 Å². The topological polar surface area (TPSA) is 63.0 Å². The molecule has 0 bridgehead atoms. The number of fused-ring (bicyclic) bond motifs is 1. The lowest BCUT2D eigenvalue weighted by atomic mass is 10.0. The first-order chi connectivity index (χ1) is 14.3. The van der Waals surface area contributed by atoms with Gasteiger partial charge in [0.25, 0.3) is 0 Å². The van der Waals surface area contributed by atoms with Crippen molar-refractivity contribution in [2.45, 2.75) is 47.5 Å². The summed E-state index contributed by atoms with van der Waals surface area (Å²) in [5, 5.41) is 0.874. The largest absolute Gasteiger partial charge is 0.497 e. The maximum atomic E-state index is 13.0. The Labute approximate surface area is 179 Å². The first-order valence-electron chi connectivity index (χ1n) is 10.9. The van der Waals surface area contributed by atoms with Gasteiger partial charge in [0.05, 0.1) is 7.11 Å². The minimum Gasteiger partial charge on any atom is -0.497 e. The van der Waals surface area contributed by atoms with Crippen LogP contribution in [-0.4, -0.2) is 55.5 Å². The molecule has 6 heteroatoms. The molecule has 0 fully saturated rings. The third-order valence-electron chi connectivity index (χ3n) is 5.60. The molecule has 0 N–H and O–H groups in total. The molecule has 30 heavy (non-hydrogen) atoms. The zero-order valence-corrected chi connectivity index (χ0v) is 19.3. The maximum Gasteiger partial charge on any atom is 0.339 e. The number of benzene rings is 1. The summed E-state index contributed by atoms with van der Waals surface area (Å²) in [6.45, 7) is 14.7. The van der Waals surface area contributed by atoms with Gasteiger partial charge in [-0.25, -0.2) is 4.79 Å². The minimum atomic E-state index is -0.375. The number of methoxy groups -OCH3 is 1. The summed E-state index contributed by atoms with van der Waals surface area (Å²) in [5.74, 6) is 1.13. The van der Waals surface area contributed by atoms with E-state index in [0.717, 1.165) is 37.1 Å². The fourth-order valence-electron chi connectivity index (χ4n) is 3.74. The molecule has 1 aromatic heterocycles. The second kappa shape index (κ2) is 11.2. The first-order valence-corrected chi connectivity index (χ1v) is 10.9. The van der Waals surface area contributed by atoms with E-state index >= 15 is 0 Å². The van der Waals surface area contributed by atoms with E-state index < -0.39 is 0 Å². The van der Waals surface area contributed by atoms with Gasteiger partial charge < -0.3 is 19.0 Å². The zero-order valence-electron chi connectivity index (χ0n) is 19.3. The Morgan fingerprint density at radius 2 is 1.87 bits per heavy atom. The number of ether oxygens (including phenoxy) is 1. The van der Waals surface area contributed by atoms with E-state index in [2.05, 4.69) is 32.6 Å². The van der Waals surface area contributed by atoms with Crippen molar-refractivity contribution >= 4 is 16.9 Å². The van der Waals surface area contributed by atoms with Crippen molar-refractivity contribution in [3.05, 3.63) is 39.7 Å². The van der Waals surface area contributed by atoms with E-state index in [4.69, 9.17) is 9.15 Å². The molecule has 1 aromatic carbocycles. The van der Waals surface area contributed by atoms with Gasteiger partial charge in [0.2, 0.25) is 5.91 Å². The van der Waals surface area contributed by atoms with Crippen molar-refractivity contribution in [1.82, 2.24) is 9.80 Å². The maximum absolute atomic E-state index is 13.0. The van der Waals surface area contributed by atoms with Crippen LogP contribution < -0.4 is 10.4 Å². The number of nitrogens with zero attached hydrogens (tertiary/aromatic N) is 2. The van der Waals surface area contributed by atoms with Crippen molar-refractivity contribution < 1.29 is 13.9 Å². The van der Waals surface area contributed by atoms with Crippen LogP contribution in [0, 0.1) is 12.8 Å². The minimum absolute atomic E-state index is 0.0875. The van der Waals surface area contributed by atoms with Crippen molar-refractivity contribution in [2.24, 2.45) is 5.92 Å². The molecule has 0 aliphatic rings. The average molecular weight is 417 g/mol. The van der Waals surface area contributed by atoms with Crippen LogP contribution in [0.2, 0.25) is 0 Å². The van der Waals surface area contributed by atoms with Crippen LogP contribution >= 0.6 is 0 Å². The van der Waals surface area contributed by atoms with E-state index in [1.807, 2.05) is 24.0 Å². The molecule has 166 valence electrons. The highest BCUT2D eigenvalue weighted by Gasteiger charge is 2.18. The van der Waals surface area contributed by atoms with Gasteiger partial charge in [-0.1, -0.05) is 27.7 Å². The molecule has 2 rings (SSSR count). The summed E-state index contributed by atoms with van der Waals surface area (Å²) in [6, 6.07) is 5.46. The van der Waals surface area contributed by atoms with E-state index in [9.17, 15) is 9.59 Å². The molecular weight excluding hydrogens is 380 g/mol. The zero-order chi connectivity index (χ0) is 22.3. The van der Waals surface area contributed by atoms with Crippen LogP contribution in [0.5, 0.6) is 5.75 Å². The van der Waals surface area contributed by atoms with Crippen LogP contribution in [0.3, 0.4) is 0 Å². The number of carbonyl (C=O) groups excluding carboxylic acids is 1. The summed E-state index contributed by atoms with van der Waals surface area (Å²) in [4.78, 5) is 29.8. The molecule has 6 nitrogen and oxygen atoms in total. The number of aryl methyl sites for hydroxylation is 1. The molecule has 1 amide bonds. The van der Waals surface area contributed by atoms with Crippen molar-refractivity contribution in [1.29, 1.82) is 0 Å². The molecular formula is C24H36N2O4. The second-order valence-electron chi connectivity index (χ2n) is 8.12. The van der Waals surface area contributed by atoms with Crippen molar-refractivity contribution in [2.75, 3.05) is 39.8 Å². The molecule has 0 aliphatic heterocycles. The van der Waals surface area contributed by atoms with Crippen molar-refractivity contribution in [3.63, 3.8) is 0 Å². The highest BCUT2D eigenvalue weighted by atomic mass is 16.5. The normalized spacial score (nSPS) is 11.5. The van der Waals surface area contributed by atoms with Crippen molar-refractivity contribution in [3.8, 4) is 5.75 Å². The lowest BCUT2D eigenvalue weighted by molar-refractivity contribution is -0.131. The molecule has 1 heterocycles. The number of hydrogen-bond acceptors (Lipinski definition) is 5. The Balaban J connectivity index is 2.15. The summed E-state index contributed by atoms with van der Waals surface area (Å²) in [6.07, 6.45) is 0.688. The third-order valence-corrected chi connectivity index (χ3v) is 5.60. The predicted octanol–water partition coefficient (Wildman–Crippen LogP) is 3.87. The molecule has 0 atom stereocenters. The second-order valence-corrected chi connectivity index (χ2v) is 8.12. The van der Waals surface area contributed by atoms with Gasteiger partial charge in [0.1, 0.15) is 11.3 Å². The van der Waals surface area contributed by atoms with Gasteiger partial charge in [-0.3, -0.25) is 4.79 Å². The first kappa shape index (κ1) is 23.9. The molecule has 0 spiro atoms. The SMILES string of the molecule is CCN(CC)CCN(CC(C)C)C(=O)CCc1c(C)c2ccc(OC)cc2oc1=O. The average Bonchev–Trinajstić information content (AvgIpc) is 2.72. The Hall–Kier alpha value is -2.34. The van der Waals surface area contributed by atoms with Crippen LogP contribution in [0.25, 0.3) is 11.0 Å². The van der Waals surface area contributed by atoms with Crippen LogP contribution in [0.15, 0.2) is 27.4 Å². The van der Waals surface area contributed by atoms with Crippen LogP contribution in [-0.2, 0) is 11.2 Å². The Bertz CT molecular complexity index is 900. The summed E-state index contributed by atoms with van der Waals surface area (Å²) in [7, 11) is 1.58. The molecule has 0 saturated carbocycles. The third kappa shape index (κ3) is 6.08. The summed E-state index contributed by atoms with van der Waals surface area (Å²) < 4.78 is 10.7. The summed E-state index contributed by atoms with van der Waals surface area (Å²) in [5.41, 5.74) is 1.58. The number of rotatable bonds is 11. The summed E-state index contributed by atoms with van der Waals surface area (Å²) >= 11 is 0. The Kier molecular flexibility index (Phi) is 8.90. The number of hydrogen-bond donors (Lipinski definition) is 0. The monoisotopic (exact) mass is 416 g/mol. The highest BCUT2D eigenvalue weighted by Crippen LogP contribution is 2.24. The Morgan fingerprint density at radius 3 is 2.47 bits per heavy atom. The van der Waals surface area contributed by atoms with Gasteiger partial charge in [-0.05, 0) is 50.0 Å². The molecule has 2 aromatic rings. The number of carbonyl (C=O) groups is 1. The molecule has 0 unspecified atom stereocenters. The number of likely N-dealkylation sites (N-methyl/N-ethyl adjacent to an activating group) is 1. The van der Waals surface area contributed by atoms with E-state index in [-0.39, 0.29) is 11.5 Å². The molecule has 0 radical (unpaired) electrons.